The molecule has 0 radical (unpaired) electrons. The number of carbonyl (C=O) groups is 4. The number of aliphatic carboxylic acids is 1. The molecule has 0 saturated carbocycles. The van der Waals surface area contributed by atoms with Gasteiger partial charge in [0, 0.05) is 25.2 Å². The highest BCUT2D eigenvalue weighted by atomic mass is 16.5. The van der Waals surface area contributed by atoms with Crippen LogP contribution in [0.5, 0.6) is 5.75 Å². The molecule has 2 saturated heterocycles. The molecule has 0 spiro atoms. The van der Waals surface area contributed by atoms with E-state index in [1.165, 1.54) is 4.90 Å². The molecule has 2 heterocycles. The number of benzene rings is 1. The van der Waals surface area contributed by atoms with E-state index in [1.54, 1.807) is 36.3 Å². The Morgan fingerprint density at radius 1 is 1.25 bits per heavy atom. The van der Waals surface area contributed by atoms with Gasteiger partial charge in [0.15, 0.2) is 0 Å². The maximum absolute atomic E-state index is 13.2. The second kappa shape index (κ2) is 10.0. The molecule has 2 fully saturated rings. The summed E-state index contributed by atoms with van der Waals surface area (Å²) in [7, 11) is 1.56. The number of hydrogen-bond donors (Lipinski definition) is 2. The van der Waals surface area contributed by atoms with Crippen molar-refractivity contribution < 1.29 is 29.0 Å². The summed E-state index contributed by atoms with van der Waals surface area (Å²) in [6, 6.07) is 5.36. The average molecular weight is 446 g/mol. The minimum Gasteiger partial charge on any atom is -0.497 e. The number of rotatable bonds is 8. The van der Waals surface area contributed by atoms with Crippen molar-refractivity contribution >= 4 is 29.4 Å². The summed E-state index contributed by atoms with van der Waals surface area (Å²) < 4.78 is 5.14. The lowest BCUT2D eigenvalue weighted by molar-refractivity contribution is -0.150. The molecular weight excluding hydrogens is 414 g/mol. The predicted molar refractivity (Wildman–Crippen MR) is 117 cm³/mol. The Morgan fingerprint density at radius 2 is 1.94 bits per heavy atom. The van der Waals surface area contributed by atoms with Crippen LogP contribution in [-0.4, -0.2) is 66.0 Å². The van der Waals surface area contributed by atoms with Gasteiger partial charge in [0.05, 0.1) is 13.0 Å². The third-order valence-corrected chi connectivity index (χ3v) is 6.48. The van der Waals surface area contributed by atoms with E-state index in [1.807, 2.05) is 13.8 Å². The first-order valence-electron chi connectivity index (χ1n) is 11.0. The number of nitrogens with zero attached hydrogens (tertiary/aromatic N) is 2. The molecule has 0 bridgehead atoms. The predicted octanol–water partition coefficient (Wildman–Crippen LogP) is 1.65. The molecule has 174 valence electrons. The van der Waals surface area contributed by atoms with Crippen LogP contribution in [-0.2, 0) is 19.2 Å². The van der Waals surface area contributed by atoms with Crippen LogP contribution >= 0.6 is 0 Å². The van der Waals surface area contributed by atoms with E-state index in [-0.39, 0.29) is 36.6 Å². The number of hydrogen-bond acceptors (Lipinski definition) is 5. The lowest BCUT2D eigenvalue weighted by Crippen LogP contribution is -2.55. The molecule has 1 aromatic rings. The highest BCUT2D eigenvalue weighted by molar-refractivity contribution is 6.01. The molecule has 9 heteroatoms. The van der Waals surface area contributed by atoms with E-state index in [9.17, 15) is 24.3 Å². The first kappa shape index (κ1) is 23.6. The van der Waals surface area contributed by atoms with Gasteiger partial charge in [0.25, 0.3) is 0 Å². The fourth-order valence-corrected chi connectivity index (χ4v) is 4.31. The van der Waals surface area contributed by atoms with Gasteiger partial charge in [-0.3, -0.25) is 14.4 Å². The van der Waals surface area contributed by atoms with Gasteiger partial charge >= 0.3 is 5.97 Å². The van der Waals surface area contributed by atoms with Crippen molar-refractivity contribution in [3.8, 4) is 5.75 Å². The van der Waals surface area contributed by atoms with Gasteiger partial charge in [-0.1, -0.05) is 20.3 Å². The topological polar surface area (TPSA) is 116 Å². The van der Waals surface area contributed by atoms with Crippen molar-refractivity contribution in [2.45, 2.75) is 51.6 Å². The van der Waals surface area contributed by atoms with Crippen LogP contribution in [0.3, 0.4) is 0 Å². The number of carboxylic acids is 1. The third kappa shape index (κ3) is 4.87. The largest absolute Gasteiger partial charge is 0.497 e. The summed E-state index contributed by atoms with van der Waals surface area (Å²) >= 11 is 0. The average Bonchev–Trinajstić information content (AvgIpc) is 3.43. The molecular formula is C23H31N3O6. The highest BCUT2D eigenvalue weighted by Crippen LogP contribution is 2.28. The van der Waals surface area contributed by atoms with E-state index in [2.05, 4.69) is 5.32 Å². The lowest BCUT2D eigenvalue weighted by atomic mass is 9.96. The number of methoxy groups -OCH3 is 1. The van der Waals surface area contributed by atoms with Gasteiger partial charge in [-0.25, -0.2) is 4.79 Å². The minimum atomic E-state index is -1.03. The van der Waals surface area contributed by atoms with E-state index >= 15 is 0 Å². The Balaban J connectivity index is 1.70. The molecule has 9 nitrogen and oxygen atoms in total. The van der Waals surface area contributed by atoms with E-state index in [4.69, 9.17) is 4.74 Å². The summed E-state index contributed by atoms with van der Waals surface area (Å²) in [4.78, 5) is 53.2. The molecule has 32 heavy (non-hydrogen) atoms. The molecule has 0 unspecified atom stereocenters. The van der Waals surface area contributed by atoms with Crippen molar-refractivity contribution in [2.75, 3.05) is 25.1 Å². The van der Waals surface area contributed by atoms with E-state index in [0.717, 1.165) is 0 Å². The Labute approximate surface area is 187 Å². The van der Waals surface area contributed by atoms with Crippen molar-refractivity contribution in [3.05, 3.63) is 24.3 Å². The Morgan fingerprint density at radius 3 is 2.53 bits per heavy atom. The number of likely N-dealkylation sites (tertiary alicyclic amines) is 1. The summed E-state index contributed by atoms with van der Waals surface area (Å²) in [6.45, 7) is 4.37. The second-order valence-corrected chi connectivity index (χ2v) is 8.50. The van der Waals surface area contributed by atoms with Gasteiger partial charge < -0.3 is 25.0 Å². The van der Waals surface area contributed by atoms with Gasteiger partial charge in [-0.15, -0.1) is 0 Å². The van der Waals surface area contributed by atoms with Crippen LogP contribution in [0.25, 0.3) is 0 Å². The Kier molecular flexibility index (Phi) is 7.37. The first-order valence-corrected chi connectivity index (χ1v) is 11.0. The zero-order chi connectivity index (χ0) is 23.4. The SMILES string of the molecule is CC[C@@H](C)[C@H](NC(=O)[C@H]1CC(=O)N(c2ccc(OC)cc2)C1)C(=O)N1CCC[C@H]1C(=O)O. The van der Waals surface area contributed by atoms with Crippen LogP contribution in [0.1, 0.15) is 39.5 Å². The lowest BCUT2D eigenvalue weighted by Gasteiger charge is -2.31. The number of anilines is 1. The second-order valence-electron chi connectivity index (χ2n) is 8.50. The number of amides is 3. The van der Waals surface area contributed by atoms with Gasteiger partial charge in [-0.2, -0.15) is 0 Å². The summed E-state index contributed by atoms with van der Waals surface area (Å²) in [5, 5.41) is 12.3. The molecule has 3 rings (SSSR count). The van der Waals surface area contributed by atoms with Crippen LogP contribution in [0.2, 0.25) is 0 Å². The van der Waals surface area contributed by atoms with Gasteiger partial charge in [0.1, 0.15) is 17.8 Å². The highest BCUT2D eigenvalue weighted by Gasteiger charge is 2.41. The number of nitrogens with one attached hydrogen (secondary N) is 1. The molecule has 0 aromatic heterocycles. The quantitative estimate of drug-likeness (QED) is 0.629. The number of carboxylic acid groups (broad SMARTS) is 1. The first-order chi connectivity index (χ1) is 15.3. The summed E-state index contributed by atoms with van der Waals surface area (Å²) in [5.41, 5.74) is 0.682. The zero-order valence-electron chi connectivity index (χ0n) is 18.7. The van der Waals surface area contributed by atoms with Crippen molar-refractivity contribution in [1.29, 1.82) is 0 Å². The van der Waals surface area contributed by atoms with Gasteiger partial charge in [-0.05, 0) is 43.0 Å². The maximum Gasteiger partial charge on any atom is 0.326 e. The van der Waals surface area contributed by atoms with Crippen LogP contribution in [0.15, 0.2) is 24.3 Å². The fourth-order valence-electron chi connectivity index (χ4n) is 4.31. The zero-order valence-corrected chi connectivity index (χ0v) is 18.7. The Hall–Kier alpha value is -3.10. The summed E-state index contributed by atoms with van der Waals surface area (Å²) in [5.74, 6) is -2.00. The number of ether oxygens (including phenoxy) is 1. The molecule has 2 N–H and O–H groups in total. The summed E-state index contributed by atoms with van der Waals surface area (Å²) in [6.07, 6.45) is 1.73. The monoisotopic (exact) mass is 445 g/mol. The van der Waals surface area contributed by atoms with Crippen LogP contribution in [0.4, 0.5) is 5.69 Å². The maximum atomic E-state index is 13.2. The van der Waals surface area contributed by atoms with Crippen LogP contribution in [0, 0.1) is 11.8 Å². The molecule has 0 aliphatic carbocycles. The van der Waals surface area contributed by atoms with E-state index < -0.39 is 24.0 Å². The normalized spacial score (nSPS) is 22.5. The standard InChI is InChI=1S/C23H31N3O6/c1-4-14(2)20(22(29)25-11-5-6-18(25)23(30)31)24-21(28)15-12-19(27)26(13-15)16-7-9-17(32-3)10-8-16/h7-10,14-15,18,20H,4-6,11-13H2,1-3H3,(H,24,28)(H,30,31)/t14-,15+,18+,20+/m1/s1. The van der Waals surface area contributed by atoms with Crippen LogP contribution < -0.4 is 15.0 Å². The molecule has 3 amide bonds. The molecule has 4 atom stereocenters. The van der Waals surface area contributed by atoms with Gasteiger partial charge in [0.2, 0.25) is 17.7 Å². The fraction of sp³-hybridized carbons (Fsp3) is 0.565. The third-order valence-electron chi connectivity index (χ3n) is 6.48. The number of carbonyl (C=O) groups excluding carboxylic acids is 3. The van der Waals surface area contributed by atoms with Crippen molar-refractivity contribution in [1.82, 2.24) is 10.2 Å². The van der Waals surface area contributed by atoms with Crippen molar-refractivity contribution in [3.63, 3.8) is 0 Å². The van der Waals surface area contributed by atoms with Crippen molar-refractivity contribution in [2.24, 2.45) is 11.8 Å². The molecule has 1 aromatic carbocycles. The molecule has 2 aliphatic rings. The van der Waals surface area contributed by atoms with E-state index in [0.29, 0.717) is 37.2 Å². The Bertz CT molecular complexity index is 871. The minimum absolute atomic E-state index is 0.0563. The molecule has 2 aliphatic heterocycles. The smallest absolute Gasteiger partial charge is 0.326 e.